The van der Waals surface area contributed by atoms with Crippen LogP contribution in [0.4, 0.5) is 0 Å². The third-order valence-corrected chi connectivity index (χ3v) is 1.44. The molecular weight excluding hydrogens is 196 g/mol. The summed E-state index contributed by atoms with van der Waals surface area (Å²) in [6, 6.07) is 6.41. The van der Waals surface area contributed by atoms with Crippen molar-refractivity contribution in [3.63, 3.8) is 0 Å². The molecule has 4 heteroatoms. The Morgan fingerprint density at radius 1 is 1.33 bits per heavy atom. The molecule has 0 bridgehead atoms. The standard InChI is InChI=1S/C9H10O4.C2H6/c1-12-9(11)6-13-8-5-3-2-4-7(8)10;1-2/h2-5,10H,6H2,1H3;1-2H3. The summed E-state index contributed by atoms with van der Waals surface area (Å²) < 4.78 is 9.33. The lowest BCUT2D eigenvalue weighted by molar-refractivity contribution is -0.142. The van der Waals surface area contributed by atoms with E-state index in [-0.39, 0.29) is 18.1 Å². The number of methoxy groups -OCH3 is 1. The number of ether oxygens (including phenoxy) is 2. The van der Waals surface area contributed by atoms with Gasteiger partial charge in [-0.1, -0.05) is 26.0 Å². The van der Waals surface area contributed by atoms with Crippen LogP contribution in [0.15, 0.2) is 24.3 Å². The van der Waals surface area contributed by atoms with Crippen molar-refractivity contribution in [2.75, 3.05) is 13.7 Å². The number of para-hydroxylation sites is 2. The first-order chi connectivity index (χ1) is 7.24. The third kappa shape index (κ3) is 4.90. The molecule has 1 N–H and O–H groups in total. The summed E-state index contributed by atoms with van der Waals surface area (Å²) in [4.78, 5) is 10.7. The number of benzene rings is 1. The SMILES string of the molecule is CC.COC(=O)COc1ccccc1O. The van der Waals surface area contributed by atoms with E-state index in [1.165, 1.54) is 13.2 Å². The molecule has 0 saturated heterocycles. The molecule has 4 nitrogen and oxygen atoms in total. The van der Waals surface area contributed by atoms with Gasteiger partial charge in [0.25, 0.3) is 0 Å². The number of rotatable bonds is 3. The lowest BCUT2D eigenvalue weighted by Crippen LogP contribution is -2.12. The number of aromatic hydroxyl groups is 1. The molecule has 0 atom stereocenters. The first kappa shape index (κ1) is 13.3. The molecule has 1 rings (SSSR count). The fourth-order valence-corrected chi connectivity index (χ4v) is 0.775. The zero-order chi connectivity index (χ0) is 11.7. The largest absolute Gasteiger partial charge is 0.504 e. The highest BCUT2D eigenvalue weighted by Gasteiger charge is 2.04. The summed E-state index contributed by atoms with van der Waals surface area (Å²) in [5, 5.41) is 9.22. The van der Waals surface area contributed by atoms with Gasteiger partial charge in [0.05, 0.1) is 7.11 Å². The van der Waals surface area contributed by atoms with E-state index in [0.717, 1.165) is 0 Å². The molecule has 0 aromatic heterocycles. The van der Waals surface area contributed by atoms with Gasteiger partial charge in [-0.05, 0) is 12.1 Å². The zero-order valence-electron chi connectivity index (χ0n) is 9.19. The Labute approximate surface area is 89.4 Å². The highest BCUT2D eigenvalue weighted by molar-refractivity contribution is 5.71. The Morgan fingerprint density at radius 3 is 2.47 bits per heavy atom. The van der Waals surface area contributed by atoms with Crippen LogP contribution in [0, 0.1) is 0 Å². The van der Waals surface area contributed by atoms with Crippen LogP contribution in [0.5, 0.6) is 11.5 Å². The van der Waals surface area contributed by atoms with E-state index in [4.69, 9.17) is 4.74 Å². The molecule has 84 valence electrons. The first-order valence-electron chi connectivity index (χ1n) is 4.71. The first-order valence-corrected chi connectivity index (χ1v) is 4.71. The normalized spacial score (nSPS) is 8.47. The van der Waals surface area contributed by atoms with Crippen LogP contribution in [-0.2, 0) is 9.53 Å². The van der Waals surface area contributed by atoms with Crippen molar-refractivity contribution in [1.29, 1.82) is 0 Å². The molecule has 1 aromatic rings. The number of phenols is 1. The van der Waals surface area contributed by atoms with Crippen molar-refractivity contribution in [3.8, 4) is 11.5 Å². The number of carbonyl (C=O) groups is 1. The van der Waals surface area contributed by atoms with Gasteiger partial charge in [0, 0.05) is 0 Å². The van der Waals surface area contributed by atoms with Crippen molar-refractivity contribution in [2.45, 2.75) is 13.8 Å². The van der Waals surface area contributed by atoms with Crippen LogP contribution in [0.1, 0.15) is 13.8 Å². The predicted molar refractivity (Wildman–Crippen MR) is 57.0 cm³/mol. The van der Waals surface area contributed by atoms with E-state index >= 15 is 0 Å². The van der Waals surface area contributed by atoms with E-state index in [9.17, 15) is 9.90 Å². The second-order valence-electron chi connectivity index (χ2n) is 2.33. The summed E-state index contributed by atoms with van der Waals surface area (Å²) in [5.74, 6) is -0.206. The number of carbonyl (C=O) groups excluding carboxylic acids is 1. The Kier molecular flexibility index (Phi) is 6.80. The lowest BCUT2D eigenvalue weighted by Gasteiger charge is -2.05. The number of esters is 1. The Morgan fingerprint density at radius 2 is 1.93 bits per heavy atom. The summed E-state index contributed by atoms with van der Waals surface area (Å²) >= 11 is 0. The molecule has 0 aliphatic heterocycles. The highest BCUT2D eigenvalue weighted by Crippen LogP contribution is 2.23. The minimum atomic E-state index is -0.483. The molecule has 0 fully saturated rings. The van der Waals surface area contributed by atoms with Gasteiger partial charge in [-0.15, -0.1) is 0 Å². The fraction of sp³-hybridized carbons (Fsp3) is 0.364. The van der Waals surface area contributed by atoms with Crippen LogP contribution in [0.2, 0.25) is 0 Å². The minimum absolute atomic E-state index is 0.00593. The van der Waals surface area contributed by atoms with E-state index in [2.05, 4.69) is 4.74 Å². The van der Waals surface area contributed by atoms with Crippen LogP contribution in [0.25, 0.3) is 0 Å². The fourth-order valence-electron chi connectivity index (χ4n) is 0.775. The summed E-state index contributed by atoms with van der Waals surface area (Å²) in [6.45, 7) is 3.80. The zero-order valence-corrected chi connectivity index (χ0v) is 9.19. The van der Waals surface area contributed by atoms with E-state index < -0.39 is 5.97 Å². The Balaban J connectivity index is 0.000000921. The molecule has 0 radical (unpaired) electrons. The third-order valence-electron chi connectivity index (χ3n) is 1.44. The van der Waals surface area contributed by atoms with E-state index in [0.29, 0.717) is 0 Å². The Hall–Kier alpha value is -1.71. The van der Waals surface area contributed by atoms with Crippen molar-refractivity contribution in [2.24, 2.45) is 0 Å². The smallest absolute Gasteiger partial charge is 0.343 e. The second kappa shape index (κ2) is 7.67. The van der Waals surface area contributed by atoms with Gasteiger partial charge in [-0.25, -0.2) is 4.79 Å². The van der Waals surface area contributed by atoms with Crippen molar-refractivity contribution in [1.82, 2.24) is 0 Å². The molecule has 0 aliphatic carbocycles. The van der Waals surface area contributed by atoms with E-state index in [1.807, 2.05) is 13.8 Å². The van der Waals surface area contributed by atoms with Crippen molar-refractivity contribution < 1.29 is 19.4 Å². The maximum Gasteiger partial charge on any atom is 0.343 e. The number of phenolic OH excluding ortho intramolecular Hbond substituents is 1. The minimum Gasteiger partial charge on any atom is -0.504 e. The average molecular weight is 212 g/mol. The van der Waals surface area contributed by atoms with Crippen molar-refractivity contribution in [3.05, 3.63) is 24.3 Å². The van der Waals surface area contributed by atoms with Gasteiger partial charge in [-0.3, -0.25) is 0 Å². The maximum absolute atomic E-state index is 10.7. The topological polar surface area (TPSA) is 55.8 Å². The molecule has 15 heavy (non-hydrogen) atoms. The van der Waals surface area contributed by atoms with Gasteiger partial charge in [-0.2, -0.15) is 0 Å². The summed E-state index contributed by atoms with van der Waals surface area (Å²) in [7, 11) is 1.27. The Bertz CT molecular complexity index is 296. The molecular formula is C11H16O4. The van der Waals surface area contributed by atoms with Crippen LogP contribution in [0.3, 0.4) is 0 Å². The predicted octanol–water partition coefficient (Wildman–Crippen LogP) is 1.97. The monoisotopic (exact) mass is 212 g/mol. The van der Waals surface area contributed by atoms with Gasteiger partial charge >= 0.3 is 5.97 Å². The van der Waals surface area contributed by atoms with Crippen molar-refractivity contribution >= 4 is 5.97 Å². The number of hydrogen-bond donors (Lipinski definition) is 1. The van der Waals surface area contributed by atoms with Gasteiger partial charge in [0.1, 0.15) is 0 Å². The molecule has 0 saturated carbocycles. The average Bonchev–Trinajstić information content (AvgIpc) is 2.30. The molecule has 0 aliphatic rings. The summed E-state index contributed by atoms with van der Waals surface area (Å²) in [6.07, 6.45) is 0. The molecule has 1 aromatic carbocycles. The van der Waals surface area contributed by atoms with Crippen LogP contribution >= 0.6 is 0 Å². The quantitative estimate of drug-likeness (QED) is 0.778. The molecule has 0 unspecified atom stereocenters. The van der Waals surface area contributed by atoms with Crippen LogP contribution in [-0.4, -0.2) is 24.8 Å². The molecule has 0 spiro atoms. The molecule has 0 amide bonds. The van der Waals surface area contributed by atoms with Gasteiger partial charge in [0.2, 0.25) is 0 Å². The summed E-state index contributed by atoms with van der Waals surface area (Å²) in [5.41, 5.74) is 0. The van der Waals surface area contributed by atoms with E-state index in [1.54, 1.807) is 18.2 Å². The molecule has 0 heterocycles. The van der Waals surface area contributed by atoms with Gasteiger partial charge < -0.3 is 14.6 Å². The maximum atomic E-state index is 10.7. The second-order valence-corrected chi connectivity index (χ2v) is 2.33. The van der Waals surface area contributed by atoms with Crippen LogP contribution < -0.4 is 4.74 Å². The number of hydrogen-bond acceptors (Lipinski definition) is 4. The van der Waals surface area contributed by atoms with Gasteiger partial charge in [0.15, 0.2) is 18.1 Å². The lowest BCUT2D eigenvalue weighted by atomic mass is 10.3. The highest BCUT2D eigenvalue weighted by atomic mass is 16.6.